The van der Waals surface area contributed by atoms with Crippen molar-refractivity contribution in [2.45, 2.75) is 38.8 Å². The molecule has 21 heavy (non-hydrogen) atoms. The van der Waals surface area contributed by atoms with Gasteiger partial charge < -0.3 is 10.1 Å². The SMILES string of the molecule is COc1ccc(Cl)cc1N1C(=O)C[C@H](NC(C)(C)C)C1=O. The molecule has 1 atom stereocenters. The van der Waals surface area contributed by atoms with Crippen LogP contribution in [0, 0.1) is 0 Å². The van der Waals surface area contributed by atoms with Gasteiger partial charge in [-0.2, -0.15) is 0 Å². The Morgan fingerprint density at radius 2 is 2.00 bits per heavy atom. The predicted octanol–water partition coefficient (Wildman–Crippen LogP) is 2.37. The fourth-order valence-electron chi connectivity index (χ4n) is 2.36. The highest BCUT2D eigenvalue weighted by molar-refractivity contribution is 6.31. The topological polar surface area (TPSA) is 58.6 Å². The lowest BCUT2D eigenvalue weighted by Crippen LogP contribution is -2.47. The van der Waals surface area contributed by atoms with Crippen LogP contribution in [0.25, 0.3) is 0 Å². The molecule has 114 valence electrons. The zero-order valence-electron chi connectivity index (χ0n) is 12.6. The summed E-state index contributed by atoms with van der Waals surface area (Å²) in [5.41, 5.74) is 0.132. The minimum absolute atomic E-state index is 0.131. The van der Waals surface area contributed by atoms with E-state index in [0.717, 1.165) is 4.90 Å². The van der Waals surface area contributed by atoms with Gasteiger partial charge in [0.05, 0.1) is 25.3 Å². The molecule has 1 aliphatic heterocycles. The first-order valence-corrected chi connectivity index (χ1v) is 7.09. The van der Waals surface area contributed by atoms with E-state index in [2.05, 4.69) is 5.32 Å². The Balaban J connectivity index is 2.35. The lowest BCUT2D eigenvalue weighted by atomic mass is 10.1. The number of amides is 2. The Morgan fingerprint density at radius 3 is 2.57 bits per heavy atom. The molecule has 0 aromatic heterocycles. The first-order valence-electron chi connectivity index (χ1n) is 6.71. The molecule has 2 amide bonds. The lowest BCUT2D eigenvalue weighted by Gasteiger charge is -2.24. The van der Waals surface area contributed by atoms with Gasteiger partial charge in [-0.1, -0.05) is 11.6 Å². The molecule has 1 aliphatic rings. The maximum absolute atomic E-state index is 12.5. The predicted molar refractivity (Wildman–Crippen MR) is 81.8 cm³/mol. The summed E-state index contributed by atoms with van der Waals surface area (Å²) in [7, 11) is 1.49. The van der Waals surface area contributed by atoms with E-state index >= 15 is 0 Å². The molecular formula is C15H19ClN2O3. The molecule has 0 spiro atoms. The molecule has 1 heterocycles. The monoisotopic (exact) mass is 310 g/mol. The van der Waals surface area contributed by atoms with Gasteiger partial charge in [0.25, 0.3) is 5.91 Å². The van der Waals surface area contributed by atoms with Crippen LogP contribution in [0.1, 0.15) is 27.2 Å². The molecule has 0 radical (unpaired) electrons. The number of hydrogen-bond acceptors (Lipinski definition) is 4. The summed E-state index contributed by atoms with van der Waals surface area (Å²) < 4.78 is 5.22. The average Bonchev–Trinajstić information content (AvgIpc) is 2.62. The number of methoxy groups -OCH3 is 1. The normalized spacial score (nSPS) is 19.3. The summed E-state index contributed by atoms with van der Waals surface area (Å²) in [4.78, 5) is 25.9. The molecule has 1 aromatic carbocycles. The van der Waals surface area contributed by atoms with Gasteiger partial charge >= 0.3 is 0 Å². The first-order chi connectivity index (χ1) is 9.73. The van der Waals surface area contributed by atoms with Crippen LogP contribution in [0.2, 0.25) is 5.02 Å². The fraction of sp³-hybridized carbons (Fsp3) is 0.467. The number of nitrogens with zero attached hydrogens (tertiary/aromatic N) is 1. The maximum Gasteiger partial charge on any atom is 0.251 e. The maximum atomic E-state index is 12.5. The second kappa shape index (κ2) is 5.66. The van der Waals surface area contributed by atoms with Crippen molar-refractivity contribution in [2.75, 3.05) is 12.0 Å². The Morgan fingerprint density at radius 1 is 1.33 bits per heavy atom. The Bertz CT molecular complexity index is 581. The summed E-state index contributed by atoms with van der Waals surface area (Å²) in [6.45, 7) is 5.86. The molecule has 1 aromatic rings. The van der Waals surface area contributed by atoms with E-state index in [1.165, 1.54) is 7.11 Å². The summed E-state index contributed by atoms with van der Waals surface area (Å²) in [6, 6.07) is 4.33. The van der Waals surface area contributed by atoms with Crippen molar-refractivity contribution in [3.05, 3.63) is 23.2 Å². The lowest BCUT2D eigenvalue weighted by molar-refractivity contribution is -0.121. The third kappa shape index (κ3) is 3.36. The number of imide groups is 1. The van der Waals surface area contributed by atoms with Gasteiger partial charge in [0, 0.05) is 10.6 Å². The number of carbonyl (C=O) groups excluding carboxylic acids is 2. The first kappa shape index (κ1) is 15.8. The summed E-state index contributed by atoms with van der Waals surface area (Å²) in [6.07, 6.45) is 0.131. The number of nitrogens with one attached hydrogen (secondary N) is 1. The van der Waals surface area contributed by atoms with Crippen LogP contribution in [-0.2, 0) is 9.59 Å². The van der Waals surface area contributed by atoms with Crippen LogP contribution in [0.4, 0.5) is 5.69 Å². The molecule has 0 unspecified atom stereocenters. The van der Waals surface area contributed by atoms with Gasteiger partial charge in [0.15, 0.2) is 0 Å². The van der Waals surface area contributed by atoms with Crippen molar-refractivity contribution in [3.63, 3.8) is 0 Å². The Labute approximate surface area is 129 Å². The van der Waals surface area contributed by atoms with E-state index in [4.69, 9.17) is 16.3 Å². The second-order valence-corrected chi connectivity index (χ2v) is 6.47. The highest BCUT2D eigenvalue weighted by Gasteiger charge is 2.42. The van der Waals surface area contributed by atoms with Crippen molar-refractivity contribution in [1.82, 2.24) is 5.32 Å². The smallest absolute Gasteiger partial charge is 0.251 e. The summed E-state index contributed by atoms with van der Waals surface area (Å²) in [5, 5.41) is 3.61. The van der Waals surface area contributed by atoms with E-state index in [9.17, 15) is 9.59 Å². The fourth-order valence-corrected chi connectivity index (χ4v) is 2.52. The van der Waals surface area contributed by atoms with Gasteiger partial charge in [-0.3, -0.25) is 9.59 Å². The van der Waals surface area contributed by atoms with Crippen molar-refractivity contribution in [1.29, 1.82) is 0 Å². The van der Waals surface area contributed by atoms with Crippen molar-refractivity contribution in [3.8, 4) is 5.75 Å². The van der Waals surface area contributed by atoms with Crippen molar-refractivity contribution in [2.24, 2.45) is 0 Å². The Kier molecular flexibility index (Phi) is 4.25. The zero-order chi connectivity index (χ0) is 15.8. The largest absolute Gasteiger partial charge is 0.495 e. The number of halogens is 1. The molecule has 0 bridgehead atoms. The van der Waals surface area contributed by atoms with Crippen LogP contribution in [0.5, 0.6) is 5.75 Å². The molecule has 0 saturated carbocycles. The van der Waals surface area contributed by atoms with Crippen molar-refractivity contribution < 1.29 is 14.3 Å². The number of hydrogen-bond donors (Lipinski definition) is 1. The van der Waals surface area contributed by atoms with E-state index in [1.807, 2.05) is 20.8 Å². The van der Waals surface area contributed by atoms with E-state index < -0.39 is 6.04 Å². The van der Waals surface area contributed by atoms with E-state index in [-0.39, 0.29) is 23.8 Å². The standard InChI is InChI=1S/C15H19ClN2O3/c1-15(2,3)17-10-8-13(19)18(14(10)20)11-7-9(16)5-6-12(11)21-4/h5-7,10,17H,8H2,1-4H3/t10-/m0/s1. The second-order valence-electron chi connectivity index (χ2n) is 6.03. The van der Waals surface area contributed by atoms with Crippen LogP contribution in [-0.4, -0.2) is 30.5 Å². The van der Waals surface area contributed by atoms with Gasteiger partial charge in [0.2, 0.25) is 5.91 Å². The molecular weight excluding hydrogens is 292 g/mol. The van der Waals surface area contributed by atoms with Gasteiger partial charge in [0.1, 0.15) is 5.75 Å². The average molecular weight is 311 g/mol. The van der Waals surface area contributed by atoms with E-state index in [0.29, 0.717) is 16.5 Å². The summed E-state index contributed by atoms with van der Waals surface area (Å²) in [5.74, 6) is -0.102. The number of anilines is 1. The summed E-state index contributed by atoms with van der Waals surface area (Å²) >= 11 is 5.97. The van der Waals surface area contributed by atoms with Gasteiger partial charge in [-0.25, -0.2) is 4.90 Å². The molecule has 1 fully saturated rings. The third-order valence-electron chi connectivity index (χ3n) is 3.14. The van der Waals surface area contributed by atoms with Crippen LogP contribution in [0.3, 0.4) is 0 Å². The van der Waals surface area contributed by atoms with Crippen LogP contribution < -0.4 is 15.0 Å². The van der Waals surface area contributed by atoms with E-state index in [1.54, 1.807) is 18.2 Å². The number of rotatable bonds is 3. The van der Waals surface area contributed by atoms with Crippen LogP contribution in [0.15, 0.2) is 18.2 Å². The molecule has 1 saturated heterocycles. The molecule has 6 heteroatoms. The molecule has 1 N–H and O–H groups in total. The highest BCUT2D eigenvalue weighted by Crippen LogP contribution is 2.34. The zero-order valence-corrected chi connectivity index (χ0v) is 13.3. The van der Waals surface area contributed by atoms with Gasteiger partial charge in [-0.05, 0) is 39.0 Å². The van der Waals surface area contributed by atoms with Crippen LogP contribution >= 0.6 is 11.6 Å². The quantitative estimate of drug-likeness (QED) is 0.871. The molecule has 5 nitrogen and oxygen atoms in total. The Hall–Kier alpha value is -1.59. The highest BCUT2D eigenvalue weighted by atomic mass is 35.5. The number of benzene rings is 1. The third-order valence-corrected chi connectivity index (χ3v) is 3.37. The molecule has 2 rings (SSSR count). The number of ether oxygens (including phenoxy) is 1. The minimum atomic E-state index is -0.527. The molecule has 0 aliphatic carbocycles. The number of carbonyl (C=O) groups is 2. The van der Waals surface area contributed by atoms with Crippen molar-refractivity contribution >= 4 is 29.1 Å². The van der Waals surface area contributed by atoms with Gasteiger partial charge in [-0.15, -0.1) is 0 Å². The minimum Gasteiger partial charge on any atom is -0.495 e.